The smallest absolute Gasteiger partial charge is 0.241 e. The van der Waals surface area contributed by atoms with Crippen molar-refractivity contribution in [1.29, 1.82) is 0 Å². The molecule has 1 fully saturated rings. The molecule has 1 amide bonds. The van der Waals surface area contributed by atoms with E-state index in [4.69, 9.17) is 4.52 Å². The molecule has 1 aliphatic heterocycles. The predicted octanol–water partition coefficient (Wildman–Crippen LogP) is 3.79. The number of carbonyl (C=O) groups is 1. The number of hydrogen-bond acceptors (Lipinski definition) is 5. The highest BCUT2D eigenvalue weighted by molar-refractivity contribution is 5.98. The van der Waals surface area contributed by atoms with E-state index in [2.05, 4.69) is 32.4 Å². The zero-order valence-electron chi connectivity index (χ0n) is 17.5. The number of para-hydroxylation sites is 1. The van der Waals surface area contributed by atoms with E-state index in [1.54, 1.807) is 0 Å². The Morgan fingerprint density at radius 3 is 2.47 bits per heavy atom. The van der Waals surface area contributed by atoms with Crippen LogP contribution >= 0.6 is 0 Å². The average Bonchev–Trinajstić information content (AvgIpc) is 3.19. The molecular formula is C24H28N4O2. The monoisotopic (exact) mass is 404 g/mol. The maximum absolute atomic E-state index is 13.0. The van der Waals surface area contributed by atoms with Crippen LogP contribution in [0.15, 0.2) is 65.2 Å². The van der Waals surface area contributed by atoms with Crippen LogP contribution in [-0.4, -0.2) is 53.1 Å². The molecule has 3 aromatic rings. The molecule has 156 valence electrons. The summed E-state index contributed by atoms with van der Waals surface area (Å²) in [6.07, 6.45) is 0. The van der Waals surface area contributed by atoms with Crippen LogP contribution in [0.1, 0.15) is 18.4 Å². The molecule has 0 bridgehead atoms. The zero-order chi connectivity index (χ0) is 20.9. The molecule has 4 rings (SSSR count). The van der Waals surface area contributed by atoms with Gasteiger partial charge in [0, 0.05) is 43.5 Å². The summed E-state index contributed by atoms with van der Waals surface area (Å²) in [6, 6.07) is 19.9. The van der Waals surface area contributed by atoms with Gasteiger partial charge < -0.3 is 9.84 Å². The molecule has 6 nitrogen and oxygen atoms in total. The zero-order valence-corrected chi connectivity index (χ0v) is 17.5. The van der Waals surface area contributed by atoms with Crippen LogP contribution in [0, 0.1) is 6.92 Å². The number of aromatic nitrogens is 1. The normalized spacial score (nSPS) is 16.3. The standard InChI is InChI=1S/C24H28N4O2/c1-18-16-21(30-26-18)17-27-12-14-28(15-13-27)19(2)24(29)25-23-11-7-6-10-22(23)20-8-4-3-5-9-20/h3-11,16,19H,12-15,17H2,1-2H3,(H,25,29). The second-order valence-electron chi connectivity index (χ2n) is 7.82. The number of anilines is 1. The van der Waals surface area contributed by atoms with Crippen molar-refractivity contribution in [2.45, 2.75) is 26.4 Å². The summed E-state index contributed by atoms with van der Waals surface area (Å²) >= 11 is 0. The molecule has 0 spiro atoms. The fraction of sp³-hybridized carbons (Fsp3) is 0.333. The molecule has 1 aliphatic rings. The van der Waals surface area contributed by atoms with Gasteiger partial charge in [-0.2, -0.15) is 0 Å². The average molecular weight is 405 g/mol. The van der Waals surface area contributed by atoms with E-state index < -0.39 is 0 Å². The lowest BCUT2D eigenvalue weighted by molar-refractivity contribution is -0.121. The van der Waals surface area contributed by atoms with Gasteiger partial charge in [-0.3, -0.25) is 14.6 Å². The van der Waals surface area contributed by atoms with Gasteiger partial charge in [-0.1, -0.05) is 53.7 Å². The maximum atomic E-state index is 13.0. The Hall–Kier alpha value is -2.96. The first-order chi connectivity index (χ1) is 14.6. The molecule has 0 radical (unpaired) electrons. The van der Waals surface area contributed by atoms with Gasteiger partial charge in [0.05, 0.1) is 18.3 Å². The molecule has 1 N–H and O–H groups in total. The van der Waals surface area contributed by atoms with E-state index >= 15 is 0 Å². The van der Waals surface area contributed by atoms with Gasteiger partial charge in [0.25, 0.3) is 0 Å². The Labute approximate surface area is 177 Å². The third-order valence-corrected chi connectivity index (χ3v) is 5.66. The Bertz CT molecular complexity index is 978. The van der Waals surface area contributed by atoms with Crippen LogP contribution in [0.4, 0.5) is 5.69 Å². The number of nitrogens with zero attached hydrogens (tertiary/aromatic N) is 3. The topological polar surface area (TPSA) is 61.6 Å². The molecule has 30 heavy (non-hydrogen) atoms. The number of piperazine rings is 1. The SMILES string of the molecule is Cc1cc(CN2CCN(C(C)C(=O)Nc3ccccc3-c3ccccc3)CC2)on1. The summed E-state index contributed by atoms with van der Waals surface area (Å²) in [6.45, 7) is 8.18. The first-order valence-corrected chi connectivity index (χ1v) is 10.4. The van der Waals surface area contributed by atoms with Crippen molar-refractivity contribution in [1.82, 2.24) is 15.0 Å². The third-order valence-electron chi connectivity index (χ3n) is 5.66. The van der Waals surface area contributed by atoms with E-state index in [1.807, 2.05) is 62.4 Å². The molecular weight excluding hydrogens is 376 g/mol. The Balaban J connectivity index is 1.35. The summed E-state index contributed by atoms with van der Waals surface area (Å²) in [5.74, 6) is 0.918. The number of carbonyl (C=O) groups excluding carboxylic acids is 1. The summed E-state index contributed by atoms with van der Waals surface area (Å²) in [5, 5.41) is 7.09. The number of benzene rings is 2. The van der Waals surface area contributed by atoms with E-state index in [0.29, 0.717) is 0 Å². The lowest BCUT2D eigenvalue weighted by Crippen LogP contribution is -2.52. The van der Waals surface area contributed by atoms with Gasteiger partial charge in [0.2, 0.25) is 5.91 Å². The van der Waals surface area contributed by atoms with E-state index in [1.165, 1.54) is 0 Å². The Morgan fingerprint density at radius 1 is 1.07 bits per heavy atom. The molecule has 2 heterocycles. The first-order valence-electron chi connectivity index (χ1n) is 10.4. The van der Waals surface area contributed by atoms with Crippen molar-refractivity contribution >= 4 is 11.6 Å². The van der Waals surface area contributed by atoms with Gasteiger partial charge in [-0.15, -0.1) is 0 Å². The largest absolute Gasteiger partial charge is 0.360 e. The molecule has 1 unspecified atom stereocenters. The number of aryl methyl sites for hydroxylation is 1. The Kier molecular flexibility index (Phi) is 6.26. The second-order valence-corrected chi connectivity index (χ2v) is 7.82. The molecule has 1 atom stereocenters. The van der Waals surface area contributed by atoms with Crippen molar-refractivity contribution in [3.05, 3.63) is 72.1 Å². The molecule has 6 heteroatoms. The Morgan fingerprint density at radius 2 is 1.77 bits per heavy atom. The van der Waals surface area contributed by atoms with Crippen LogP contribution in [0.25, 0.3) is 11.1 Å². The molecule has 0 saturated carbocycles. The van der Waals surface area contributed by atoms with Crippen LogP contribution < -0.4 is 5.32 Å². The van der Waals surface area contributed by atoms with Crippen LogP contribution in [0.3, 0.4) is 0 Å². The number of rotatable bonds is 6. The summed E-state index contributed by atoms with van der Waals surface area (Å²) in [7, 11) is 0. The van der Waals surface area contributed by atoms with E-state index in [-0.39, 0.29) is 11.9 Å². The maximum Gasteiger partial charge on any atom is 0.241 e. The number of hydrogen-bond donors (Lipinski definition) is 1. The molecule has 1 saturated heterocycles. The van der Waals surface area contributed by atoms with Gasteiger partial charge >= 0.3 is 0 Å². The summed E-state index contributed by atoms with van der Waals surface area (Å²) < 4.78 is 5.32. The van der Waals surface area contributed by atoms with Crippen molar-refractivity contribution in [2.24, 2.45) is 0 Å². The minimum atomic E-state index is -0.191. The van der Waals surface area contributed by atoms with Crippen LogP contribution in [0.5, 0.6) is 0 Å². The molecule has 2 aromatic carbocycles. The second kappa shape index (κ2) is 9.24. The van der Waals surface area contributed by atoms with Crippen molar-refractivity contribution in [2.75, 3.05) is 31.5 Å². The fourth-order valence-corrected chi connectivity index (χ4v) is 3.88. The number of amides is 1. The highest BCUT2D eigenvalue weighted by atomic mass is 16.5. The van der Waals surface area contributed by atoms with Crippen LogP contribution in [0.2, 0.25) is 0 Å². The van der Waals surface area contributed by atoms with Gasteiger partial charge in [0.1, 0.15) is 0 Å². The minimum absolute atomic E-state index is 0.0256. The summed E-state index contributed by atoms with van der Waals surface area (Å²) in [4.78, 5) is 17.6. The molecule has 0 aliphatic carbocycles. The van der Waals surface area contributed by atoms with Crippen LogP contribution in [-0.2, 0) is 11.3 Å². The van der Waals surface area contributed by atoms with Gasteiger partial charge in [-0.25, -0.2) is 0 Å². The van der Waals surface area contributed by atoms with E-state index in [9.17, 15) is 4.79 Å². The predicted molar refractivity (Wildman–Crippen MR) is 118 cm³/mol. The van der Waals surface area contributed by atoms with E-state index in [0.717, 1.165) is 61.0 Å². The number of nitrogens with one attached hydrogen (secondary N) is 1. The van der Waals surface area contributed by atoms with Gasteiger partial charge in [-0.05, 0) is 25.5 Å². The van der Waals surface area contributed by atoms with Crippen molar-refractivity contribution < 1.29 is 9.32 Å². The van der Waals surface area contributed by atoms with Crippen molar-refractivity contribution in [3.63, 3.8) is 0 Å². The van der Waals surface area contributed by atoms with Crippen molar-refractivity contribution in [3.8, 4) is 11.1 Å². The highest BCUT2D eigenvalue weighted by Gasteiger charge is 2.26. The summed E-state index contributed by atoms with van der Waals surface area (Å²) in [5.41, 5.74) is 3.88. The quantitative estimate of drug-likeness (QED) is 0.677. The first kappa shape index (κ1) is 20.3. The highest BCUT2D eigenvalue weighted by Crippen LogP contribution is 2.27. The third kappa shape index (κ3) is 4.78. The fourth-order valence-electron chi connectivity index (χ4n) is 3.88. The lowest BCUT2D eigenvalue weighted by atomic mass is 10.0. The lowest BCUT2D eigenvalue weighted by Gasteiger charge is -2.37. The minimum Gasteiger partial charge on any atom is -0.360 e. The molecule has 1 aromatic heterocycles. The van der Waals surface area contributed by atoms with Gasteiger partial charge in [0.15, 0.2) is 5.76 Å².